The Morgan fingerprint density at radius 1 is 1.41 bits per heavy atom. The largest absolute Gasteiger partial charge is 0.362 e. The summed E-state index contributed by atoms with van der Waals surface area (Å²) in [5.41, 5.74) is 1.15. The number of alkyl halides is 2. The Morgan fingerprint density at radius 3 is 2.94 bits per heavy atom. The molecule has 0 aromatic carbocycles. The van der Waals surface area contributed by atoms with Crippen LogP contribution in [0.25, 0.3) is 5.65 Å². The van der Waals surface area contributed by atoms with Gasteiger partial charge in [0.1, 0.15) is 0 Å². The molecule has 0 aliphatic carbocycles. The van der Waals surface area contributed by atoms with Gasteiger partial charge in [-0.15, -0.1) is 0 Å². The molecule has 0 radical (unpaired) electrons. The standard InChI is InChI=1S/C10H9ClF2N4/c11-8-5-7(9-14-2-4-17(9)15-8)16-3-1-10(12,13)6-16/h2,4-5H,1,3,6H2. The zero-order chi connectivity index (χ0) is 12.0. The molecule has 0 atom stereocenters. The number of rotatable bonds is 1. The maximum Gasteiger partial charge on any atom is 0.266 e. The number of hydrogen-bond donors (Lipinski definition) is 0. The summed E-state index contributed by atoms with van der Waals surface area (Å²) < 4.78 is 27.9. The van der Waals surface area contributed by atoms with Crippen LogP contribution in [0.5, 0.6) is 0 Å². The van der Waals surface area contributed by atoms with Crippen molar-refractivity contribution < 1.29 is 8.78 Å². The van der Waals surface area contributed by atoms with Gasteiger partial charge in [-0.25, -0.2) is 18.3 Å². The molecule has 0 spiro atoms. The van der Waals surface area contributed by atoms with Crippen molar-refractivity contribution in [2.24, 2.45) is 0 Å². The van der Waals surface area contributed by atoms with Gasteiger partial charge in [-0.3, -0.25) is 0 Å². The predicted octanol–water partition coefficient (Wildman–Crippen LogP) is 2.23. The van der Waals surface area contributed by atoms with Crippen LogP contribution in [-0.4, -0.2) is 33.6 Å². The average Bonchev–Trinajstić information content (AvgIpc) is 2.82. The van der Waals surface area contributed by atoms with E-state index in [0.29, 0.717) is 17.9 Å². The molecule has 1 aliphatic rings. The average molecular weight is 259 g/mol. The molecule has 4 nitrogen and oxygen atoms in total. The number of hydrogen-bond acceptors (Lipinski definition) is 3. The van der Waals surface area contributed by atoms with E-state index in [4.69, 9.17) is 11.6 Å². The first-order chi connectivity index (χ1) is 8.05. The lowest BCUT2D eigenvalue weighted by Crippen LogP contribution is -2.25. The molecule has 2 aromatic rings. The molecule has 1 saturated heterocycles. The monoisotopic (exact) mass is 258 g/mol. The van der Waals surface area contributed by atoms with Gasteiger partial charge in [0.05, 0.1) is 12.2 Å². The van der Waals surface area contributed by atoms with Crippen LogP contribution in [0.2, 0.25) is 5.15 Å². The van der Waals surface area contributed by atoms with Crippen molar-refractivity contribution in [3.05, 3.63) is 23.6 Å². The Labute approximate surface area is 101 Å². The highest BCUT2D eigenvalue weighted by atomic mass is 35.5. The second-order valence-corrected chi connectivity index (χ2v) is 4.46. The number of fused-ring (bicyclic) bond motifs is 1. The Hall–Kier alpha value is -1.43. The van der Waals surface area contributed by atoms with E-state index in [1.807, 2.05) is 0 Å². The Kier molecular flexibility index (Phi) is 2.22. The molecule has 3 heterocycles. The summed E-state index contributed by atoms with van der Waals surface area (Å²) in [5.74, 6) is -2.64. The van der Waals surface area contributed by atoms with Gasteiger partial charge >= 0.3 is 0 Å². The smallest absolute Gasteiger partial charge is 0.266 e. The van der Waals surface area contributed by atoms with Crippen molar-refractivity contribution in [1.82, 2.24) is 14.6 Å². The van der Waals surface area contributed by atoms with E-state index in [1.165, 1.54) is 4.52 Å². The second-order valence-electron chi connectivity index (χ2n) is 4.08. The van der Waals surface area contributed by atoms with Gasteiger partial charge in [-0.1, -0.05) is 11.6 Å². The van der Waals surface area contributed by atoms with Crippen LogP contribution in [0.4, 0.5) is 14.5 Å². The molecule has 90 valence electrons. The van der Waals surface area contributed by atoms with Gasteiger partial charge in [0.25, 0.3) is 5.92 Å². The summed E-state index contributed by atoms with van der Waals surface area (Å²) in [6, 6.07) is 1.57. The van der Waals surface area contributed by atoms with Crippen LogP contribution < -0.4 is 4.90 Å². The lowest BCUT2D eigenvalue weighted by Gasteiger charge is -2.18. The number of imidazole rings is 1. The van der Waals surface area contributed by atoms with Crippen molar-refractivity contribution in [2.75, 3.05) is 18.0 Å². The maximum absolute atomic E-state index is 13.2. The summed E-state index contributed by atoms with van der Waals surface area (Å²) in [7, 11) is 0. The molecular weight excluding hydrogens is 250 g/mol. The molecule has 3 rings (SSSR count). The van der Waals surface area contributed by atoms with E-state index in [9.17, 15) is 8.78 Å². The third-order valence-electron chi connectivity index (χ3n) is 2.82. The normalized spacial score (nSPS) is 19.1. The lowest BCUT2D eigenvalue weighted by molar-refractivity contribution is 0.0257. The zero-order valence-corrected chi connectivity index (χ0v) is 9.53. The molecular formula is C10H9ClF2N4. The molecule has 0 saturated carbocycles. The summed E-state index contributed by atoms with van der Waals surface area (Å²) in [4.78, 5) is 5.70. The van der Waals surface area contributed by atoms with Gasteiger partial charge in [0.15, 0.2) is 10.8 Å². The number of halogens is 3. The van der Waals surface area contributed by atoms with Crippen molar-refractivity contribution in [3.8, 4) is 0 Å². The van der Waals surface area contributed by atoms with Crippen molar-refractivity contribution in [2.45, 2.75) is 12.3 Å². The lowest BCUT2D eigenvalue weighted by atomic mass is 10.3. The Bertz CT molecular complexity index is 568. The van der Waals surface area contributed by atoms with E-state index in [1.54, 1.807) is 23.4 Å². The highest BCUT2D eigenvalue weighted by Crippen LogP contribution is 2.33. The minimum Gasteiger partial charge on any atom is -0.362 e. The van der Waals surface area contributed by atoms with Crippen LogP contribution >= 0.6 is 11.6 Å². The molecule has 1 fully saturated rings. The van der Waals surface area contributed by atoms with Crippen LogP contribution in [-0.2, 0) is 0 Å². The van der Waals surface area contributed by atoms with Crippen LogP contribution in [0, 0.1) is 0 Å². The second kappa shape index (κ2) is 3.53. The SMILES string of the molecule is FC1(F)CCN(c2cc(Cl)nn3ccnc23)C1. The highest BCUT2D eigenvalue weighted by molar-refractivity contribution is 6.29. The van der Waals surface area contributed by atoms with Gasteiger partial charge in [0, 0.05) is 31.4 Å². The molecule has 0 unspecified atom stereocenters. The fraction of sp³-hybridized carbons (Fsp3) is 0.400. The number of anilines is 1. The third-order valence-corrected chi connectivity index (χ3v) is 3.00. The first-order valence-electron chi connectivity index (χ1n) is 5.18. The van der Waals surface area contributed by atoms with E-state index in [-0.39, 0.29) is 18.1 Å². The highest BCUT2D eigenvalue weighted by Gasteiger charge is 2.39. The van der Waals surface area contributed by atoms with Gasteiger partial charge in [-0.05, 0) is 0 Å². The summed E-state index contributed by atoms with van der Waals surface area (Å²) in [5, 5.41) is 4.27. The quantitative estimate of drug-likeness (QED) is 0.787. The maximum atomic E-state index is 13.2. The van der Waals surface area contributed by atoms with Crippen LogP contribution in [0.15, 0.2) is 18.5 Å². The van der Waals surface area contributed by atoms with Crippen molar-refractivity contribution in [3.63, 3.8) is 0 Å². The van der Waals surface area contributed by atoms with Gasteiger partial charge in [0.2, 0.25) is 0 Å². The number of aromatic nitrogens is 3. The van der Waals surface area contributed by atoms with E-state index in [2.05, 4.69) is 10.1 Å². The van der Waals surface area contributed by atoms with Gasteiger partial charge in [-0.2, -0.15) is 5.10 Å². The molecule has 0 N–H and O–H groups in total. The summed E-state index contributed by atoms with van der Waals surface area (Å²) >= 11 is 5.86. The van der Waals surface area contributed by atoms with Crippen molar-refractivity contribution in [1.29, 1.82) is 0 Å². The minimum atomic E-state index is -2.64. The predicted molar refractivity (Wildman–Crippen MR) is 59.8 cm³/mol. The van der Waals surface area contributed by atoms with Crippen LogP contribution in [0.3, 0.4) is 0 Å². The fourth-order valence-electron chi connectivity index (χ4n) is 2.04. The molecule has 2 aromatic heterocycles. The molecule has 0 amide bonds. The first-order valence-corrected chi connectivity index (χ1v) is 5.56. The Balaban J connectivity index is 2.08. The zero-order valence-electron chi connectivity index (χ0n) is 8.78. The fourth-order valence-corrected chi connectivity index (χ4v) is 2.23. The molecule has 0 bridgehead atoms. The molecule has 17 heavy (non-hydrogen) atoms. The summed E-state index contributed by atoms with van der Waals surface area (Å²) in [6.45, 7) is 0.00568. The van der Waals surface area contributed by atoms with Crippen molar-refractivity contribution >= 4 is 22.9 Å². The van der Waals surface area contributed by atoms with E-state index in [0.717, 1.165) is 0 Å². The van der Waals surface area contributed by atoms with E-state index >= 15 is 0 Å². The van der Waals surface area contributed by atoms with E-state index < -0.39 is 5.92 Å². The van der Waals surface area contributed by atoms with Crippen LogP contribution in [0.1, 0.15) is 6.42 Å². The number of nitrogens with zero attached hydrogens (tertiary/aromatic N) is 4. The molecule has 1 aliphatic heterocycles. The Morgan fingerprint density at radius 2 is 2.24 bits per heavy atom. The van der Waals surface area contributed by atoms with Gasteiger partial charge < -0.3 is 4.90 Å². The minimum absolute atomic E-state index is 0.139. The molecule has 7 heteroatoms. The third kappa shape index (κ3) is 1.82. The first kappa shape index (κ1) is 10.7. The summed E-state index contributed by atoms with van der Waals surface area (Å²) in [6.07, 6.45) is 3.06. The topological polar surface area (TPSA) is 33.4 Å².